The molecule has 0 fully saturated rings. The Kier molecular flexibility index (Phi) is 9.89. The van der Waals surface area contributed by atoms with Gasteiger partial charge in [-0.2, -0.15) is 0 Å². The third kappa shape index (κ3) is 7.69. The highest BCUT2D eigenvalue weighted by Gasteiger charge is 2.43. The van der Waals surface area contributed by atoms with Crippen molar-refractivity contribution in [2.75, 3.05) is 25.1 Å². The third-order valence-corrected chi connectivity index (χ3v) is 6.04. The lowest BCUT2D eigenvalue weighted by molar-refractivity contribution is -0.122. The number of nitrogens with two attached hydrogens (primary N) is 1. The van der Waals surface area contributed by atoms with Gasteiger partial charge in [0.25, 0.3) is 11.8 Å². The summed E-state index contributed by atoms with van der Waals surface area (Å²) in [6, 6.07) is 3.65. The number of nitrogens with one attached hydrogen (secondary N) is 1. The third-order valence-electron chi connectivity index (χ3n) is 6.04. The summed E-state index contributed by atoms with van der Waals surface area (Å²) in [6.07, 6.45) is 1.78. The molecule has 1 aliphatic rings. The Balaban J connectivity index is 1.99. The molecule has 1 aliphatic heterocycles. The largest absolute Gasteiger partial charge is 0.382 e. The fourth-order valence-corrected chi connectivity index (χ4v) is 3.89. The maximum absolute atomic E-state index is 13.2. The second-order valence-corrected chi connectivity index (χ2v) is 10.1. The van der Waals surface area contributed by atoms with E-state index < -0.39 is 35.0 Å². The lowest BCUT2D eigenvalue weighted by Crippen LogP contribution is -2.48. The molecule has 36 heavy (non-hydrogen) atoms. The number of nitrogens with zero attached hydrogens (tertiary/aromatic N) is 1. The van der Waals surface area contributed by atoms with Crippen LogP contribution in [0.15, 0.2) is 18.2 Å². The highest BCUT2D eigenvalue weighted by atomic mass is 16.5. The molecular formula is C26H37N3O7. The van der Waals surface area contributed by atoms with Crippen molar-refractivity contribution in [3.05, 3.63) is 29.3 Å². The Morgan fingerprint density at radius 1 is 1.08 bits per heavy atom. The summed E-state index contributed by atoms with van der Waals surface area (Å²) >= 11 is 0. The zero-order chi connectivity index (χ0) is 27.1. The van der Waals surface area contributed by atoms with Gasteiger partial charge in [0.1, 0.15) is 18.1 Å². The van der Waals surface area contributed by atoms with Crippen LogP contribution in [0.4, 0.5) is 5.69 Å². The summed E-state index contributed by atoms with van der Waals surface area (Å²) in [4.78, 5) is 61.1. The molecule has 0 saturated heterocycles. The van der Waals surface area contributed by atoms with Crippen molar-refractivity contribution in [3.8, 4) is 0 Å². The van der Waals surface area contributed by atoms with Crippen molar-refractivity contribution in [1.82, 2.24) is 4.90 Å². The van der Waals surface area contributed by atoms with Gasteiger partial charge in [-0.1, -0.05) is 6.07 Å². The normalized spacial score (nSPS) is 14.5. The van der Waals surface area contributed by atoms with Crippen LogP contribution >= 0.6 is 0 Å². The van der Waals surface area contributed by atoms with Crippen LogP contribution in [0, 0.1) is 0 Å². The number of hydrogen-bond donors (Lipinski definition) is 2. The molecule has 3 N–H and O–H groups in total. The molecule has 198 valence electrons. The van der Waals surface area contributed by atoms with Crippen LogP contribution in [0.3, 0.4) is 0 Å². The van der Waals surface area contributed by atoms with Gasteiger partial charge in [-0.15, -0.1) is 0 Å². The maximum atomic E-state index is 13.2. The SMILES string of the molecule is CC(=O)CCC(C(N)=O)N1C(=O)c2cccc(NCCOC(C)(C)CCOC(C)(C)CC=O)c2C1=O. The Bertz CT molecular complexity index is 1000. The zero-order valence-electron chi connectivity index (χ0n) is 21.7. The standard InChI is InChI=1S/C26H37N3O7/c1-17(31)9-10-20(22(27)32)29-23(33)18-7-6-8-19(21(18)24(29)34)28-13-16-36-26(4,5)12-15-35-25(2,3)11-14-30/h6-8,14,20,28H,9-13,15-16H2,1-5H3,(H2,27,32). The monoisotopic (exact) mass is 503 g/mol. The minimum atomic E-state index is -1.20. The number of carbonyl (C=O) groups is 5. The average molecular weight is 504 g/mol. The van der Waals surface area contributed by atoms with Crippen molar-refractivity contribution in [3.63, 3.8) is 0 Å². The molecule has 1 atom stereocenters. The van der Waals surface area contributed by atoms with E-state index in [-0.39, 0.29) is 29.8 Å². The molecule has 1 aromatic carbocycles. The average Bonchev–Trinajstić information content (AvgIpc) is 3.02. The van der Waals surface area contributed by atoms with Crippen molar-refractivity contribution in [2.24, 2.45) is 5.73 Å². The number of imide groups is 1. The van der Waals surface area contributed by atoms with Gasteiger partial charge in [0.15, 0.2) is 0 Å². The van der Waals surface area contributed by atoms with E-state index in [4.69, 9.17) is 15.2 Å². The molecule has 1 aromatic rings. The molecule has 0 aromatic heterocycles. The number of anilines is 1. The van der Waals surface area contributed by atoms with Crippen molar-refractivity contribution in [1.29, 1.82) is 0 Å². The van der Waals surface area contributed by atoms with Crippen LogP contribution in [-0.2, 0) is 23.9 Å². The fraction of sp³-hybridized carbons (Fsp3) is 0.577. The molecule has 2 rings (SSSR count). The molecule has 0 spiro atoms. The van der Waals surface area contributed by atoms with Gasteiger partial charge in [0.2, 0.25) is 5.91 Å². The number of fused-ring (bicyclic) bond motifs is 1. The number of hydrogen-bond acceptors (Lipinski definition) is 8. The summed E-state index contributed by atoms with van der Waals surface area (Å²) in [5.74, 6) is -2.24. The predicted octanol–water partition coefficient (Wildman–Crippen LogP) is 2.49. The highest BCUT2D eigenvalue weighted by molar-refractivity contribution is 6.25. The number of ketones is 1. The number of benzene rings is 1. The van der Waals surface area contributed by atoms with E-state index in [9.17, 15) is 24.0 Å². The van der Waals surface area contributed by atoms with Crippen molar-refractivity contribution < 1.29 is 33.4 Å². The first-order valence-corrected chi connectivity index (χ1v) is 12.0. The van der Waals surface area contributed by atoms with Crippen LogP contribution in [-0.4, -0.2) is 71.7 Å². The van der Waals surface area contributed by atoms with Crippen LogP contribution in [0.5, 0.6) is 0 Å². The number of carbonyl (C=O) groups excluding carboxylic acids is 5. The first kappa shape index (κ1) is 29.1. The van der Waals surface area contributed by atoms with Crippen LogP contribution < -0.4 is 11.1 Å². The fourth-order valence-electron chi connectivity index (χ4n) is 3.89. The Hall–Kier alpha value is -3.11. The number of rotatable bonds is 16. The summed E-state index contributed by atoms with van der Waals surface area (Å²) in [5.41, 5.74) is 5.25. The topological polar surface area (TPSA) is 145 Å². The molecule has 0 bridgehead atoms. The highest BCUT2D eigenvalue weighted by Crippen LogP contribution is 2.31. The van der Waals surface area contributed by atoms with Gasteiger partial charge in [0.05, 0.1) is 35.5 Å². The predicted molar refractivity (Wildman–Crippen MR) is 134 cm³/mol. The van der Waals surface area contributed by atoms with E-state index in [0.717, 1.165) is 11.2 Å². The van der Waals surface area contributed by atoms with Gasteiger partial charge >= 0.3 is 0 Å². The molecular weight excluding hydrogens is 466 g/mol. The zero-order valence-corrected chi connectivity index (χ0v) is 21.7. The molecule has 10 heteroatoms. The van der Waals surface area contributed by atoms with E-state index in [2.05, 4.69) is 5.32 Å². The Morgan fingerprint density at radius 2 is 1.75 bits per heavy atom. The summed E-state index contributed by atoms with van der Waals surface area (Å²) in [7, 11) is 0. The second kappa shape index (κ2) is 12.2. The summed E-state index contributed by atoms with van der Waals surface area (Å²) < 4.78 is 11.7. The van der Waals surface area contributed by atoms with E-state index >= 15 is 0 Å². The molecule has 10 nitrogen and oxygen atoms in total. The number of primary amides is 1. The molecule has 0 saturated carbocycles. The summed E-state index contributed by atoms with van der Waals surface area (Å²) in [5, 5.41) is 3.14. The van der Waals surface area contributed by atoms with E-state index in [1.54, 1.807) is 12.1 Å². The smallest absolute Gasteiger partial charge is 0.264 e. The number of Topliss-reactive ketones (excluding diaryl/α,β-unsaturated/α-hetero) is 1. The summed E-state index contributed by atoms with van der Waals surface area (Å²) in [6.45, 7) is 10.1. The van der Waals surface area contributed by atoms with E-state index in [1.165, 1.54) is 13.0 Å². The lowest BCUT2D eigenvalue weighted by atomic mass is 10.0. The number of amides is 3. The lowest BCUT2D eigenvalue weighted by Gasteiger charge is -2.29. The van der Waals surface area contributed by atoms with Crippen LogP contribution in [0.2, 0.25) is 0 Å². The van der Waals surface area contributed by atoms with Crippen molar-refractivity contribution >= 4 is 35.5 Å². The minimum absolute atomic E-state index is 0.0160. The van der Waals surface area contributed by atoms with Gasteiger partial charge in [0, 0.05) is 25.1 Å². The van der Waals surface area contributed by atoms with Crippen molar-refractivity contribution in [2.45, 2.75) is 77.5 Å². The number of aldehydes is 1. The van der Waals surface area contributed by atoms with Crippen LogP contribution in [0.1, 0.15) is 81.0 Å². The molecule has 0 aliphatic carbocycles. The number of ether oxygens (including phenoxy) is 2. The first-order chi connectivity index (χ1) is 16.8. The van der Waals surface area contributed by atoms with Crippen LogP contribution in [0.25, 0.3) is 0 Å². The Labute approximate surface area is 211 Å². The first-order valence-electron chi connectivity index (χ1n) is 12.0. The second-order valence-electron chi connectivity index (χ2n) is 10.1. The van der Waals surface area contributed by atoms with E-state index in [0.29, 0.717) is 38.3 Å². The maximum Gasteiger partial charge on any atom is 0.264 e. The van der Waals surface area contributed by atoms with Gasteiger partial charge < -0.3 is 30.1 Å². The molecule has 3 amide bonds. The molecule has 1 unspecified atom stereocenters. The van der Waals surface area contributed by atoms with Gasteiger partial charge in [-0.05, 0) is 59.6 Å². The van der Waals surface area contributed by atoms with Gasteiger partial charge in [-0.3, -0.25) is 19.3 Å². The minimum Gasteiger partial charge on any atom is -0.382 e. The quantitative estimate of drug-likeness (QED) is 0.199. The molecule has 0 radical (unpaired) electrons. The van der Waals surface area contributed by atoms with Gasteiger partial charge in [-0.25, -0.2) is 0 Å². The Morgan fingerprint density at radius 3 is 2.36 bits per heavy atom. The van der Waals surface area contributed by atoms with E-state index in [1.807, 2.05) is 27.7 Å². The molecule has 1 heterocycles.